The van der Waals surface area contributed by atoms with Gasteiger partial charge in [-0.1, -0.05) is 26.0 Å². The summed E-state index contributed by atoms with van der Waals surface area (Å²) in [5, 5.41) is 9.97. The number of hydrogen-bond donors (Lipinski definition) is 1. The van der Waals surface area contributed by atoms with Crippen molar-refractivity contribution in [2.45, 2.75) is 20.0 Å². The lowest BCUT2D eigenvalue weighted by molar-refractivity contribution is -0.120. The number of aldehydes is 1. The molecule has 100 valence electrons. The molecule has 2 rings (SSSR count). The highest BCUT2D eigenvalue weighted by atomic mass is 16.3. The van der Waals surface area contributed by atoms with Gasteiger partial charge in [0, 0.05) is 5.41 Å². The van der Waals surface area contributed by atoms with Crippen molar-refractivity contribution in [3.63, 3.8) is 0 Å². The Morgan fingerprint density at radius 3 is 2.11 bits per heavy atom. The summed E-state index contributed by atoms with van der Waals surface area (Å²) in [6.07, 6.45) is -0.470. The van der Waals surface area contributed by atoms with Crippen molar-refractivity contribution in [1.82, 2.24) is 4.90 Å². The number of β-amino-alcohol motifs (C(OH)–C–C–N with tert-alkyl or cyclic N) is 1. The molecule has 1 aromatic rings. The van der Waals surface area contributed by atoms with Gasteiger partial charge in [-0.25, -0.2) is 0 Å². The van der Waals surface area contributed by atoms with Gasteiger partial charge >= 0.3 is 0 Å². The first kappa shape index (κ1) is 13.4. The molecule has 5 nitrogen and oxygen atoms in total. The molecular weight excluding hydrogens is 246 g/mol. The number of amides is 2. The molecule has 19 heavy (non-hydrogen) atoms. The number of nitrogens with zero attached hydrogens (tertiary/aromatic N) is 1. The average molecular weight is 261 g/mol. The summed E-state index contributed by atoms with van der Waals surface area (Å²) >= 11 is 0. The Hall–Kier alpha value is -2.01. The Morgan fingerprint density at radius 2 is 1.68 bits per heavy atom. The Bertz CT molecular complexity index is 515. The molecule has 0 saturated carbocycles. The maximum atomic E-state index is 12.1. The standard InChI is InChI=1S/C14H15NO4/c1-14(2,8-16)11(17)7-15-12(18)9-5-3-4-6-10(9)13(15)19/h3-6,8,11,17H,7H2,1-2H3/t11-/m0/s1. The predicted molar refractivity (Wildman–Crippen MR) is 67.7 cm³/mol. The number of carbonyl (C=O) groups is 3. The molecule has 1 N–H and O–H groups in total. The minimum atomic E-state index is -1.09. The van der Waals surface area contributed by atoms with E-state index in [0.717, 1.165) is 4.90 Å². The highest BCUT2D eigenvalue weighted by molar-refractivity contribution is 6.21. The Morgan fingerprint density at radius 1 is 1.21 bits per heavy atom. The van der Waals surface area contributed by atoms with Gasteiger partial charge < -0.3 is 9.90 Å². The van der Waals surface area contributed by atoms with Crippen molar-refractivity contribution in [2.75, 3.05) is 6.54 Å². The second kappa shape index (κ2) is 4.59. The number of aliphatic hydroxyl groups excluding tert-OH is 1. The second-order valence-corrected chi connectivity index (χ2v) is 5.22. The zero-order valence-electron chi connectivity index (χ0n) is 10.8. The Balaban J connectivity index is 2.24. The van der Waals surface area contributed by atoms with Crippen LogP contribution in [0.25, 0.3) is 0 Å². The molecule has 0 spiro atoms. The van der Waals surface area contributed by atoms with E-state index in [4.69, 9.17) is 0 Å². The lowest BCUT2D eigenvalue weighted by Gasteiger charge is -2.27. The summed E-state index contributed by atoms with van der Waals surface area (Å²) in [6, 6.07) is 6.51. The van der Waals surface area contributed by atoms with Gasteiger partial charge in [0.05, 0.1) is 23.8 Å². The fourth-order valence-corrected chi connectivity index (χ4v) is 1.89. The number of carbonyl (C=O) groups excluding carboxylic acids is 3. The third kappa shape index (κ3) is 2.17. The molecule has 0 bridgehead atoms. The highest BCUT2D eigenvalue weighted by Crippen LogP contribution is 2.25. The van der Waals surface area contributed by atoms with Crippen LogP contribution in [0.2, 0.25) is 0 Å². The molecule has 0 aromatic heterocycles. The van der Waals surface area contributed by atoms with E-state index >= 15 is 0 Å². The van der Waals surface area contributed by atoms with Gasteiger partial charge in [-0.05, 0) is 12.1 Å². The van der Waals surface area contributed by atoms with E-state index < -0.39 is 23.3 Å². The van der Waals surface area contributed by atoms with Crippen LogP contribution in [-0.4, -0.2) is 40.8 Å². The average Bonchev–Trinajstić information content (AvgIpc) is 2.64. The van der Waals surface area contributed by atoms with Crippen LogP contribution in [0.4, 0.5) is 0 Å². The van der Waals surface area contributed by atoms with Gasteiger partial charge in [0.25, 0.3) is 11.8 Å². The number of fused-ring (bicyclic) bond motifs is 1. The number of aliphatic hydroxyl groups is 1. The SMILES string of the molecule is CC(C)(C=O)[C@@H](O)CN1C(=O)c2ccccc2C1=O. The number of rotatable bonds is 4. The van der Waals surface area contributed by atoms with Gasteiger partial charge in [-0.2, -0.15) is 0 Å². The van der Waals surface area contributed by atoms with Gasteiger partial charge in [0.2, 0.25) is 0 Å². The summed E-state index contributed by atoms with van der Waals surface area (Å²) < 4.78 is 0. The molecule has 0 unspecified atom stereocenters. The number of benzene rings is 1. The van der Waals surface area contributed by atoms with E-state index in [2.05, 4.69) is 0 Å². The number of imide groups is 1. The Labute approximate surface area is 110 Å². The van der Waals surface area contributed by atoms with E-state index in [1.54, 1.807) is 38.1 Å². The van der Waals surface area contributed by atoms with Crippen molar-refractivity contribution in [3.05, 3.63) is 35.4 Å². The van der Waals surface area contributed by atoms with E-state index in [0.29, 0.717) is 17.4 Å². The summed E-state index contributed by atoms with van der Waals surface area (Å²) in [4.78, 5) is 36.0. The Kier molecular flexibility index (Phi) is 3.24. The third-order valence-corrected chi connectivity index (χ3v) is 3.40. The smallest absolute Gasteiger partial charge is 0.261 e. The minimum absolute atomic E-state index is 0.182. The summed E-state index contributed by atoms with van der Waals surface area (Å²) in [5.74, 6) is -0.859. The fourth-order valence-electron chi connectivity index (χ4n) is 1.89. The van der Waals surface area contributed by atoms with Crippen LogP contribution >= 0.6 is 0 Å². The molecule has 1 heterocycles. The van der Waals surface area contributed by atoms with Gasteiger partial charge in [0.1, 0.15) is 6.29 Å². The summed E-state index contributed by atoms with van der Waals surface area (Å²) in [5.41, 5.74) is -0.331. The van der Waals surface area contributed by atoms with E-state index in [9.17, 15) is 19.5 Å². The quantitative estimate of drug-likeness (QED) is 0.644. The molecule has 0 radical (unpaired) electrons. The van der Waals surface area contributed by atoms with Crippen LogP contribution in [0, 0.1) is 5.41 Å². The maximum absolute atomic E-state index is 12.1. The molecule has 1 aromatic carbocycles. The molecule has 1 aliphatic heterocycles. The molecule has 0 aliphatic carbocycles. The van der Waals surface area contributed by atoms with Crippen LogP contribution < -0.4 is 0 Å². The third-order valence-electron chi connectivity index (χ3n) is 3.40. The largest absolute Gasteiger partial charge is 0.390 e. The monoisotopic (exact) mass is 261 g/mol. The normalized spacial score (nSPS) is 16.5. The summed E-state index contributed by atoms with van der Waals surface area (Å²) in [7, 11) is 0. The summed E-state index contributed by atoms with van der Waals surface area (Å²) in [6.45, 7) is 2.93. The van der Waals surface area contributed by atoms with Crippen LogP contribution in [0.3, 0.4) is 0 Å². The lowest BCUT2D eigenvalue weighted by atomic mass is 9.88. The molecule has 1 aliphatic rings. The first-order valence-corrected chi connectivity index (χ1v) is 5.98. The molecule has 1 atom stereocenters. The zero-order valence-corrected chi connectivity index (χ0v) is 10.8. The van der Waals surface area contributed by atoms with Gasteiger partial charge in [0.15, 0.2) is 0 Å². The van der Waals surface area contributed by atoms with Crippen molar-refractivity contribution >= 4 is 18.1 Å². The minimum Gasteiger partial charge on any atom is -0.390 e. The van der Waals surface area contributed by atoms with Gasteiger partial charge in [-0.15, -0.1) is 0 Å². The maximum Gasteiger partial charge on any atom is 0.261 e. The molecule has 5 heteroatoms. The van der Waals surface area contributed by atoms with Gasteiger partial charge in [-0.3, -0.25) is 14.5 Å². The first-order valence-electron chi connectivity index (χ1n) is 5.98. The molecule has 0 saturated heterocycles. The van der Waals surface area contributed by atoms with E-state index in [1.165, 1.54) is 0 Å². The van der Waals surface area contributed by atoms with E-state index in [-0.39, 0.29) is 6.54 Å². The van der Waals surface area contributed by atoms with Crippen molar-refractivity contribution in [3.8, 4) is 0 Å². The lowest BCUT2D eigenvalue weighted by Crippen LogP contribution is -2.44. The fraction of sp³-hybridized carbons (Fsp3) is 0.357. The molecule has 0 fully saturated rings. The second-order valence-electron chi connectivity index (χ2n) is 5.22. The van der Waals surface area contributed by atoms with Crippen molar-refractivity contribution < 1.29 is 19.5 Å². The van der Waals surface area contributed by atoms with Crippen molar-refractivity contribution in [1.29, 1.82) is 0 Å². The molecular formula is C14H15NO4. The predicted octanol–water partition coefficient (Wildman–Crippen LogP) is 0.869. The number of hydrogen-bond acceptors (Lipinski definition) is 4. The van der Waals surface area contributed by atoms with Crippen LogP contribution in [0.5, 0.6) is 0 Å². The highest BCUT2D eigenvalue weighted by Gasteiger charge is 2.39. The molecule has 2 amide bonds. The topological polar surface area (TPSA) is 74.7 Å². The van der Waals surface area contributed by atoms with Crippen molar-refractivity contribution in [2.24, 2.45) is 5.41 Å². The van der Waals surface area contributed by atoms with Crippen LogP contribution in [-0.2, 0) is 4.79 Å². The van der Waals surface area contributed by atoms with E-state index in [1.807, 2.05) is 0 Å². The van der Waals surface area contributed by atoms with Crippen LogP contribution in [0.1, 0.15) is 34.6 Å². The first-order chi connectivity index (χ1) is 8.88. The zero-order chi connectivity index (χ0) is 14.2. The van der Waals surface area contributed by atoms with Crippen LogP contribution in [0.15, 0.2) is 24.3 Å².